The zero-order chi connectivity index (χ0) is 20.5. The van der Waals surface area contributed by atoms with Crippen molar-refractivity contribution in [3.63, 3.8) is 0 Å². The van der Waals surface area contributed by atoms with E-state index >= 15 is 0 Å². The molecule has 29 heavy (non-hydrogen) atoms. The minimum Gasteiger partial charge on any atom is -0.493 e. The first-order valence-electron chi connectivity index (χ1n) is 8.91. The summed E-state index contributed by atoms with van der Waals surface area (Å²) in [4.78, 5) is 0. The van der Waals surface area contributed by atoms with E-state index in [0.717, 1.165) is 22.0 Å². The van der Waals surface area contributed by atoms with Crippen molar-refractivity contribution in [2.75, 3.05) is 20.3 Å². The van der Waals surface area contributed by atoms with Crippen LogP contribution in [0.2, 0.25) is 0 Å². The second kappa shape index (κ2) is 10.4. The molecule has 2 aromatic carbocycles. The van der Waals surface area contributed by atoms with Crippen molar-refractivity contribution in [2.45, 2.75) is 6.42 Å². The molecule has 0 unspecified atom stereocenters. The highest BCUT2D eigenvalue weighted by Crippen LogP contribution is 2.28. The van der Waals surface area contributed by atoms with Gasteiger partial charge in [0, 0.05) is 10.0 Å². The van der Waals surface area contributed by atoms with E-state index in [1.54, 1.807) is 13.3 Å². The van der Waals surface area contributed by atoms with Crippen molar-refractivity contribution in [3.05, 3.63) is 77.3 Å². The topological polar surface area (TPSA) is 70.8 Å². The number of halogens is 1. The highest BCUT2D eigenvalue weighted by Gasteiger charge is 2.07. The highest BCUT2D eigenvalue weighted by atomic mass is 79.9. The standard InChI is InChI=1S/C21H21BrN4O3/c1-3-4-16-5-7-20(21(11-16)27-2)29-10-9-28-19-8-6-18(22)12-17(19)13-25-26-14-23-24-15-26/h3,5-8,11-15H,1,4,9-10H2,2H3/b25-13+. The van der Waals surface area contributed by atoms with Crippen molar-refractivity contribution in [1.82, 2.24) is 14.9 Å². The molecule has 0 fully saturated rings. The van der Waals surface area contributed by atoms with Crippen LogP contribution >= 0.6 is 15.9 Å². The average Bonchev–Trinajstić information content (AvgIpc) is 3.25. The number of ether oxygens (including phenoxy) is 3. The van der Waals surface area contributed by atoms with Crippen LogP contribution in [0.4, 0.5) is 0 Å². The van der Waals surface area contributed by atoms with Gasteiger partial charge in [0.15, 0.2) is 11.5 Å². The first-order valence-corrected chi connectivity index (χ1v) is 9.71. The first-order chi connectivity index (χ1) is 14.2. The number of benzene rings is 2. The molecule has 0 N–H and O–H groups in total. The van der Waals surface area contributed by atoms with E-state index in [2.05, 4.69) is 37.8 Å². The third-order valence-electron chi connectivity index (χ3n) is 3.92. The summed E-state index contributed by atoms with van der Waals surface area (Å²) in [6, 6.07) is 11.6. The number of aromatic nitrogens is 3. The fourth-order valence-corrected chi connectivity index (χ4v) is 2.94. The van der Waals surface area contributed by atoms with Gasteiger partial charge in [0.25, 0.3) is 0 Å². The third kappa shape index (κ3) is 5.92. The van der Waals surface area contributed by atoms with Crippen LogP contribution in [0, 0.1) is 0 Å². The molecule has 8 heteroatoms. The predicted molar refractivity (Wildman–Crippen MR) is 115 cm³/mol. The molecule has 3 rings (SSSR count). The van der Waals surface area contributed by atoms with Gasteiger partial charge in [-0.3, -0.25) is 0 Å². The molecule has 7 nitrogen and oxygen atoms in total. The smallest absolute Gasteiger partial charge is 0.161 e. The van der Waals surface area contributed by atoms with Crippen LogP contribution in [0.25, 0.3) is 0 Å². The van der Waals surface area contributed by atoms with E-state index in [1.807, 2.05) is 42.5 Å². The minimum absolute atomic E-state index is 0.368. The van der Waals surface area contributed by atoms with Crippen molar-refractivity contribution in [3.8, 4) is 17.2 Å². The normalized spacial score (nSPS) is 10.8. The third-order valence-corrected chi connectivity index (χ3v) is 4.41. The van der Waals surface area contributed by atoms with Crippen molar-refractivity contribution in [1.29, 1.82) is 0 Å². The van der Waals surface area contributed by atoms with E-state index in [0.29, 0.717) is 30.5 Å². The quantitative estimate of drug-likeness (QED) is 0.260. The maximum Gasteiger partial charge on any atom is 0.161 e. The number of hydrogen-bond acceptors (Lipinski definition) is 6. The Morgan fingerprint density at radius 3 is 2.48 bits per heavy atom. The lowest BCUT2D eigenvalue weighted by Crippen LogP contribution is -2.10. The van der Waals surface area contributed by atoms with Crippen molar-refractivity contribution >= 4 is 22.1 Å². The molecule has 0 saturated carbocycles. The number of allylic oxidation sites excluding steroid dienone is 1. The van der Waals surface area contributed by atoms with Crippen LogP contribution in [0.5, 0.6) is 17.2 Å². The Bertz CT molecular complexity index is 974. The monoisotopic (exact) mass is 456 g/mol. The number of methoxy groups -OCH3 is 1. The van der Waals surface area contributed by atoms with Crippen LogP contribution in [0.15, 0.2) is 71.3 Å². The van der Waals surface area contributed by atoms with Gasteiger partial charge in [-0.25, -0.2) is 4.68 Å². The second-order valence-corrected chi connectivity index (χ2v) is 6.86. The van der Waals surface area contributed by atoms with E-state index in [-0.39, 0.29) is 0 Å². The summed E-state index contributed by atoms with van der Waals surface area (Å²) in [5.74, 6) is 2.06. The molecule has 0 aliphatic carbocycles. The molecule has 0 bridgehead atoms. The Morgan fingerprint density at radius 2 is 1.76 bits per heavy atom. The largest absolute Gasteiger partial charge is 0.493 e. The summed E-state index contributed by atoms with van der Waals surface area (Å²) in [7, 11) is 1.62. The summed E-state index contributed by atoms with van der Waals surface area (Å²) < 4.78 is 19.6. The van der Waals surface area contributed by atoms with Crippen LogP contribution in [-0.2, 0) is 6.42 Å². The number of rotatable bonds is 10. The molecule has 1 heterocycles. The van der Waals surface area contributed by atoms with Crippen LogP contribution < -0.4 is 14.2 Å². The average molecular weight is 457 g/mol. The Hall–Kier alpha value is -3.13. The molecule has 0 amide bonds. The summed E-state index contributed by atoms with van der Waals surface area (Å²) in [6.45, 7) is 4.49. The molecular formula is C21H21BrN4O3. The lowest BCUT2D eigenvalue weighted by atomic mass is 10.1. The van der Waals surface area contributed by atoms with E-state index < -0.39 is 0 Å². The summed E-state index contributed by atoms with van der Waals surface area (Å²) >= 11 is 3.47. The van der Waals surface area contributed by atoms with Gasteiger partial charge in [0.1, 0.15) is 31.6 Å². The predicted octanol–water partition coefficient (Wildman–Crippen LogP) is 4.12. The maximum atomic E-state index is 5.89. The molecule has 0 radical (unpaired) electrons. The molecule has 0 saturated heterocycles. The molecule has 1 aromatic heterocycles. The SMILES string of the molecule is C=CCc1ccc(OCCOc2ccc(Br)cc2/C=N/n2cnnc2)c(OC)c1. The fraction of sp³-hybridized carbons (Fsp3) is 0.190. The van der Waals surface area contributed by atoms with Crippen molar-refractivity contribution < 1.29 is 14.2 Å². The number of hydrogen-bond donors (Lipinski definition) is 0. The lowest BCUT2D eigenvalue weighted by Gasteiger charge is -2.13. The van der Waals surface area contributed by atoms with Gasteiger partial charge in [-0.15, -0.1) is 16.8 Å². The van der Waals surface area contributed by atoms with Gasteiger partial charge < -0.3 is 14.2 Å². The summed E-state index contributed by atoms with van der Waals surface area (Å²) in [5, 5.41) is 11.7. The van der Waals surface area contributed by atoms with E-state index in [9.17, 15) is 0 Å². The zero-order valence-electron chi connectivity index (χ0n) is 16.0. The Morgan fingerprint density at radius 1 is 1.03 bits per heavy atom. The second-order valence-electron chi connectivity index (χ2n) is 5.94. The van der Waals surface area contributed by atoms with E-state index in [4.69, 9.17) is 14.2 Å². The van der Waals surface area contributed by atoms with Crippen LogP contribution in [0.1, 0.15) is 11.1 Å². The summed E-state index contributed by atoms with van der Waals surface area (Å²) in [5.41, 5.74) is 1.94. The number of nitrogens with zero attached hydrogens (tertiary/aromatic N) is 4. The van der Waals surface area contributed by atoms with Crippen LogP contribution in [0.3, 0.4) is 0 Å². The molecule has 3 aromatic rings. The molecular weight excluding hydrogens is 436 g/mol. The molecule has 150 valence electrons. The summed E-state index contributed by atoms with van der Waals surface area (Å²) in [6.07, 6.45) is 7.34. The van der Waals surface area contributed by atoms with Gasteiger partial charge in [-0.2, -0.15) is 5.10 Å². The molecule has 0 aliphatic heterocycles. The van der Waals surface area contributed by atoms with Gasteiger partial charge in [0.05, 0.1) is 13.3 Å². The van der Waals surface area contributed by atoms with Crippen molar-refractivity contribution in [2.24, 2.45) is 5.10 Å². The molecule has 0 aliphatic rings. The maximum absolute atomic E-state index is 5.89. The minimum atomic E-state index is 0.368. The fourth-order valence-electron chi connectivity index (χ4n) is 2.56. The lowest BCUT2D eigenvalue weighted by molar-refractivity contribution is 0.211. The van der Waals surface area contributed by atoms with Gasteiger partial charge in [-0.1, -0.05) is 28.1 Å². The Balaban J connectivity index is 1.60. The molecule has 0 spiro atoms. The Labute approximate surface area is 177 Å². The van der Waals surface area contributed by atoms with Gasteiger partial charge >= 0.3 is 0 Å². The Kier molecular flexibility index (Phi) is 7.40. The highest BCUT2D eigenvalue weighted by molar-refractivity contribution is 9.10. The zero-order valence-corrected chi connectivity index (χ0v) is 17.6. The van der Waals surface area contributed by atoms with Gasteiger partial charge in [0.2, 0.25) is 0 Å². The van der Waals surface area contributed by atoms with E-state index in [1.165, 1.54) is 17.3 Å². The van der Waals surface area contributed by atoms with Crippen LogP contribution in [-0.4, -0.2) is 41.4 Å². The first kappa shape index (κ1) is 20.6. The molecule has 0 atom stereocenters. The van der Waals surface area contributed by atoms with Gasteiger partial charge in [-0.05, 0) is 42.3 Å².